The van der Waals surface area contributed by atoms with E-state index in [0.29, 0.717) is 12.1 Å². The average molecular weight is 426 g/mol. The van der Waals surface area contributed by atoms with Crippen LogP contribution in [0, 0.1) is 0 Å². The molecule has 2 aromatic carbocycles. The molecule has 0 saturated heterocycles. The van der Waals surface area contributed by atoms with Gasteiger partial charge in [0.15, 0.2) is 0 Å². The van der Waals surface area contributed by atoms with Crippen LogP contribution in [-0.4, -0.2) is 23.5 Å². The number of carbonyl (C=O) groups is 3. The fourth-order valence-corrected chi connectivity index (χ4v) is 2.79. The van der Waals surface area contributed by atoms with E-state index in [-0.39, 0.29) is 24.3 Å². The number of hydrogen-bond donors (Lipinski definition) is 3. The molecule has 0 bridgehead atoms. The number of rotatable bonds is 7. The first-order chi connectivity index (χ1) is 14.6. The number of nitrogens with one attached hydrogen (secondary N) is 3. The van der Waals surface area contributed by atoms with Crippen LogP contribution >= 0.6 is 0 Å². The molecule has 0 fully saturated rings. The van der Waals surface area contributed by atoms with Crippen molar-refractivity contribution >= 4 is 29.3 Å². The van der Waals surface area contributed by atoms with E-state index in [4.69, 9.17) is 4.74 Å². The van der Waals surface area contributed by atoms with Crippen LogP contribution < -0.4 is 16.0 Å². The molecule has 0 aliphatic heterocycles. The minimum absolute atomic E-state index is 0.0404. The molecule has 2 aromatic rings. The molecule has 166 valence electrons. The molecule has 0 spiro atoms. The summed E-state index contributed by atoms with van der Waals surface area (Å²) in [5.41, 5.74) is 2.54. The zero-order chi connectivity index (χ0) is 23.0. The molecule has 31 heavy (non-hydrogen) atoms. The van der Waals surface area contributed by atoms with E-state index < -0.39 is 11.7 Å². The van der Waals surface area contributed by atoms with Gasteiger partial charge >= 0.3 is 6.09 Å². The number of benzene rings is 2. The minimum Gasteiger partial charge on any atom is -0.444 e. The Labute approximate surface area is 183 Å². The van der Waals surface area contributed by atoms with Gasteiger partial charge in [0, 0.05) is 17.8 Å². The van der Waals surface area contributed by atoms with Crippen molar-refractivity contribution in [2.24, 2.45) is 0 Å². The third-order valence-corrected chi connectivity index (χ3v) is 4.36. The Morgan fingerprint density at radius 1 is 0.871 bits per heavy atom. The Morgan fingerprint density at radius 2 is 1.42 bits per heavy atom. The zero-order valence-corrected chi connectivity index (χ0v) is 18.7. The average Bonchev–Trinajstić information content (AvgIpc) is 2.68. The van der Waals surface area contributed by atoms with E-state index in [1.165, 1.54) is 0 Å². The van der Waals surface area contributed by atoms with E-state index in [1.54, 1.807) is 52.0 Å². The first-order valence-corrected chi connectivity index (χ1v) is 10.3. The first kappa shape index (κ1) is 23.9. The molecule has 0 aliphatic carbocycles. The van der Waals surface area contributed by atoms with Gasteiger partial charge in [0.25, 0.3) is 0 Å². The van der Waals surface area contributed by atoms with Crippen molar-refractivity contribution in [1.82, 2.24) is 5.32 Å². The van der Waals surface area contributed by atoms with Crippen molar-refractivity contribution in [3.63, 3.8) is 0 Å². The van der Waals surface area contributed by atoms with Crippen molar-refractivity contribution < 1.29 is 19.1 Å². The maximum atomic E-state index is 12.4. The fraction of sp³-hybridized carbons (Fsp3) is 0.375. The first-order valence-electron chi connectivity index (χ1n) is 10.3. The van der Waals surface area contributed by atoms with E-state index in [0.717, 1.165) is 16.8 Å². The van der Waals surface area contributed by atoms with Gasteiger partial charge in [-0.3, -0.25) is 14.9 Å². The Morgan fingerprint density at radius 3 is 1.97 bits per heavy atom. The highest BCUT2D eigenvalue weighted by molar-refractivity contribution is 5.90. The van der Waals surface area contributed by atoms with Crippen LogP contribution in [0.2, 0.25) is 0 Å². The lowest BCUT2D eigenvalue weighted by molar-refractivity contribution is -0.121. The third-order valence-electron chi connectivity index (χ3n) is 4.36. The van der Waals surface area contributed by atoms with Gasteiger partial charge in [-0.25, -0.2) is 4.79 Å². The minimum atomic E-state index is -0.567. The molecule has 3 N–H and O–H groups in total. The molecule has 0 aromatic heterocycles. The van der Waals surface area contributed by atoms with Gasteiger partial charge in [-0.2, -0.15) is 0 Å². The van der Waals surface area contributed by atoms with E-state index in [9.17, 15) is 14.4 Å². The highest BCUT2D eigenvalue weighted by atomic mass is 16.6. The molecule has 0 radical (unpaired) electrons. The van der Waals surface area contributed by atoms with Crippen LogP contribution in [0.5, 0.6) is 0 Å². The highest BCUT2D eigenvalue weighted by Crippen LogP contribution is 2.17. The standard InChI is InChI=1S/C24H31N3O4/c1-6-21(28)26-19-13-9-18(10-14-19)16(2)25-22(29)15-17-7-11-20(12-8-17)27-23(30)31-24(3,4)5/h7-14,16H,6,15H2,1-5H3,(H,25,29)(H,26,28)(H,27,30). The molecular weight excluding hydrogens is 394 g/mol. The van der Waals surface area contributed by atoms with Crippen molar-refractivity contribution in [2.45, 2.75) is 59.1 Å². The fourth-order valence-electron chi connectivity index (χ4n) is 2.79. The van der Waals surface area contributed by atoms with E-state index in [1.807, 2.05) is 31.2 Å². The molecule has 1 unspecified atom stereocenters. The molecular formula is C24H31N3O4. The highest BCUT2D eigenvalue weighted by Gasteiger charge is 2.16. The molecule has 0 aliphatic rings. The molecule has 7 nitrogen and oxygen atoms in total. The van der Waals surface area contributed by atoms with Crippen molar-refractivity contribution in [2.75, 3.05) is 10.6 Å². The molecule has 7 heteroatoms. The predicted octanol–water partition coefficient (Wildman–Crippen LogP) is 4.80. The maximum Gasteiger partial charge on any atom is 0.412 e. The smallest absolute Gasteiger partial charge is 0.412 e. The molecule has 0 heterocycles. The zero-order valence-electron chi connectivity index (χ0n) is 18.7. The lowest BCUT2D eigenvalue weighted by Crippen LogP contribution is -2.28. The van der Waals surface area contributed by atoms with Gasteiger partial charge in [-0.1, -0.05) is 31.2 Å². The summed E-state index contributed by atoms with van der Waals surface area (Å²) in [6.07, 6.45) is 0.126. The normalized spacial score (nSPS) is 11.9. The third kappa shape index (κ3) is 8.50. The van der Waals surface area contributed by atoms with Crippen LogP contribution in [0.3, 0.4) is 0 Å². The van der Waals surface area contributed by atoms with Gasteiger partial charge in [-0.15, -0.1) is 0 Å². The second kappa shape index (κ2) is 10.6. The molecule has 3 amide bonds. The van der Waals surface area contributed by atoms with Gasteiger partial charge in [0.2, 0.25) is 11.8 Å². The molecule has 1 atom stereocenters. The van der Waals surface area contributed by atoms with E-state index >= 15 is 0 Å². The lowest BCUT2D eigenvalue weighted by atomic mass is 10.1. The number of anilines is 2. The van der Waals surface area contributed by atoms with Crippen LogP contribution in [0.1, 0.15) is 58.2 Å². The summed E-state index contributed by atoms with van der Waals surface area (Å²) >= 11 is 0. The van der Waals surface area contributed by atoms with Crippen LogP contribution in [-0.2, 0) is 20.7 Å². The monoisotopic (exact) mass is 425 g/mol. The predicted molar refractivity (Wildman–Crippen MR) is 122 cm³/mol. The van der Waals surface area contributed by atoms with Crippen molar-refractivity contribution in [3.8, 4) is 0 Å². The van der Waals surface area contributed by atoms with Crippen LogP contribution in [0.25, 0.3) is 0 Å². The van der Waals surface area contributed by atoms with E-state index in [2.05, 4.69) is 16.0 Å². The summed E-state index contributed by atoms with van der Waals surface area (Å²) in [4.78, 5) is 35.7. The summed E-state index contributed by atoms with van der Waals surface area (Å²) in [6, 6.07) is 14.3. The topological polar surface area (TPSA) is 96.5 Å². The number of ether oxygens (including phenoxy) is 1. The summed E-state index contributed by atoms with van der Waals surface area (Å²) < 4.78 is 5.22. The summed E-state index contributed by atoms with van der Waals surface area (Å²) in [5.74, 6) is -0.148. The lowest BCUT2D eigenvalue weighted by Gasteiger charge is -2.19. The second-order valence-electron chi connectivity index (χ2n) is 8.31. The molecule has 2 rings (SSSR count). The maximum absolute atomic E-state index is 12.4. The SMILES string of the molecule is CCC(=O)Nc1ccc(C(C)NC(=O)Cc2ccc(NC(=O)OC(C)(C)C)cc2)cc1. The van der Waals surface area contributed by atoms with Crippen LogP contribution in [0.15, 0.2) is 48.5 Å². The van der Waals surface area contributed by atoms with Gasteiger partial charge in [-0.05, 0) is 63.1 Å². The number of amides is 3. The second-order valence-corrected chi connectivity index (χ2v) is 8.31. The van der Waals surface area contributed by atoms with Crippen molar-refractivity contribution in [3.05, 3.63) is 59.7 Å². The van der Waals surface area contributed by atoms with Gasteiger partial charge in [0.1, 0.15) is 5.60 Å². The summed E-state index contributed by atoms with van der Waals surface area (Å²) in [6.45, 7) is 9.10. The van der Waals surface area contributed by atoms with Gasteiger partial charge < -0.3 is 15.4 Å². The number of carbonyl (C=O) groups excluding carboxylic acids is 3. The van der Waals surface area contributed by atoms with Crippen LogP contribution in [0.4, 0.5) is 16.2 Å². The summed E-state index contributed by atoms with van der Waals surface area (Å²) in [7, 11) is 0. The Balaban J connectivity index is 1.86. The molecule has 0 saturated carbocycles. The largest absolute Gasteiger partial charge is 0.444 e. The number of hydrogen-bond acceptors (Lipinski definition) is 4. The quantitative estimate of drug-likeness (QED) is 0.593. The Hall–Kier alpha value is -3.35. The Kier molecular flexibility index (Phi) is 8.19. The van der Waals surface area contributed by atoms with Crippen molar-refractivity contribution in [1.29, 1.82) is 0 Å². The summed E-state index contributed by atoms with van der Waals surface area (Å²) in [5, 5.41) is 8.44. The van der Waals surface area contributed by atoms with Gasteiger partial charge in [0.05, 0.1) is 12.5 Å². The Bertz CT molecular complexity index is 900.